The molecule has 0 saturated carbocycles. The first-order chi connectivity index (χ1) is 14.4. The zero-order chi connectivity index (χ0) is 21.7. The second-order valence-corrected chi connectivity index (χ2v) is 6.96. The van der Waals surface area contributed by atoms with Gasteiger partial charge in [0.05, 0.1) is 23.5 Å². The lowest BCUT2D eigenvalue weighted by Crippen LogP contribution is -2.43. The number of likely N-dealkylation sites (tertiary alicyclic amines) is 1. The lowest BCUT2D eigenvalue weighted by Gasteiger charge is -2.32. The highest BCUT2D eigenvalue weighted by atomic mass is 16.6. The van der Waals surface area contributed by atoms with Gasteiger partial charge in [0.15, 0.2) is 0 Å². The maximum Gasteiger partial charge on any atom is 0.338 e. The maximum atomic E-state index is 13.0. The van der Waals surface area contributed by atoms with Crippen molar-refractivity contribution < 1.29 is 24.0 Å². The molecule has 2 aromatic carbocycles. The Morgan fingerprint density at radius 1 is 1.13 bits per heavy atom. The van der Waals surface area contributed by atoms with Gasteiger partial charge in [-0.25, -0.2) is 4.79 Å². The van der Waals surface area contributed by atoms with E-state index in [1.807, 2.05) is 18.2 Å². The summed E-state index contributed by atoms with van der Waals surface area (Å²) in [5.41, 5.74) is 0.225. The number of rotatable bonds is 5. The average Bonchev–Trinajstić information content (AvgIpc) is 2.78. The molecule has 0 bridgehead atoms. The number of anilines is 1. The summed E-state index contributed by atoms with van der Waals surface area (Å²) >= 11 is 0. The molecule has 1 aliphatic rings. The molecular weight excluding hydrogens is 390 g/mol. The second-order valence-electron chi connectivity index (χ2n) is 6.96. The molecule has 1 unspecified atom stereocenters. The Labute approximate surface area is 172 Å². The number of amides is 2. The van der Waals surface area contributed by atoms with Crippen molar-refractivity contribution in [3.05, 3.63) is 69.8 Å². The third-order valence-electron chi connectivity index (χ3n) is 4.92. The van der Waals surface area contributed by atoms with Gasteiger partial charge in [-0.1, -0.05) is 18.2 Å². The van der Waals surface area contributed by atoms with E-state index in [1.165, 1.54) is 11.0 Å². The summed E-state index contributed by atoms with van der Waals surface area (Å²) in [6.45, 7) is 0.609. The minimum atomic E-state index is -0.772. The summed E-state index contributed by atoms with van der Waals surface area (Å²) in [5, 5.41) is 14.0. The number of carbonyl (C=O) groups excluding carboxylic acids is 3. The number of methoxy groups -OCH3 is 1. The molecule has 156 valence electrons. The van der Waals surface area contributed by atoms with Crippen molar-refractivity contribution in [1.82, 2.24) is 4.90 Å². The molecule has 0 spiro atoms. The smallest absolute Gasteiger partial charge is 0.338 e. The number of nitro groups is 1. The van der Waals surface area contributed by atoms with E-state index in [-0.39, 0.29) is 29.3 Å². The van der Waals surface area contributed by atoms with E-state index in [9.17, 15) is 24.5 Å². The van der Waals surface area contributed by atoms with Gasteiger partial charge in [-0.2, -0.15) is 0 Å². The van der Waals surface area contributed by atoms with E-state index in [2.05, 4.69) is 10.1 Å². The lowest BCUT2D eigenvalue weighted by atomic mass is 9.96. The van der Waals surface area contributed by atoms with Crippen molar-refractivity contribution in [1.29, 1.82) is 0 Å². The molecule has 30 heavy (non-hydrogen) atoms. The molecule has 0 aliphatic carbocycles. The van der Waals surface area contributed by atoms with Gasteiger partial charge in [0.1, 0.15) is 0 Å². The van der Waals surface area contributed by atoms with Crippen LogP contribution in [0.5, 0.6) is 0 Å². The zero-order valence-electron chi connectivity index (χ0n) is 16.4. The van der Waals surface area contributed by atoms with E-state index < -0.39 is 22.7 Å². The molecule has 1 heterocycles. The topological polar surface area (TPSA) is 119 Å². The van der Waals surface area contributed by atoms with Crippen molar-refractivity contribution in [2.24, 2.45) is 5.92 Å². The summed E-state index contributed by atoms with van der Waals surface area (Å²) in [6.07, 6.45) is 1.25. The highest BCUT2D eigenvalue weighted by Crippen LogP contribution is 2.23. The highest BCUT2D eigenvalue weighted by molar-refractivity contribution is 5.99. The SMILES string of the molecule is COC(=O)c1cc(C(=O)N2CCCC(C(=O)Nc3ccccc3)C2)cc([N+](=O)[O-])c1. The molecule has 0 aromatic heterocycles. The number of nitrogens with zero attached hydrogens (tertiary/aromatic N) is 2. The van der Waals surface area contributed by atoms with Crippen LogP contribution >= 0.6 is 0 Å². The number of hydrogen-bond acceptors (Lipinski definition) is 6. The van der Waals surface area contributed by atoms with Crippen LogP contribution in [0.4, 0.5) is 11.4 Å². The number of piperidine rings is 1. The molecule has 1 fully saturated rings. The number of benzene rings is 2. The van der Waals surface area contributed by atoms with Gasteiger partial charge in [0.25, 0.3) is 11.6 Å². The molecule has 1 atom stereocenters. The van der Waals surface area contributed by atoms with Gasteiger partial charge >= 0.3 is 5.97 Å². The van der Waals surface area contributed by atoms with Crippen LogP contribution in [0.25, 0.3) is 0 Å². The molecule has 1 saturated heterocycles. The Balaban J connectivity index is 1.77. The van der Waals surface area contributed by atoms with E-state index >= 15 is 0 Å². The molecular formula is C21H21N3O6. The van der Waals surface area contributed by atoms with Crippen LogP contribution in [0.15, 0.2) is 48.5 Å². The second kappa shape index (κ2) is 9.17. The summed E-state index contributed by atoms with van der Waals surface area (Å²) in [4.78, 5) is 49.4. The van der Waals surface area contributed by atoms with Gasteiger partial charge < -0.3 is 15.0 Å². The monoisotopic (exact) mass is 411 g/mol. The Hall–Kier alpha value is -3.75. The van der Waals surface area contributed by atoms with Gasteiger partial charge in [-0.05, 0) is 31.0 Å². The van der Waals surface area contributed by atoms with E-state index in [0.717, 1.165) is 19.2 Å². The summed E-state index contributed by atoms with van der Waals surface area (Å²) in [5.74, 6) is -1.83. The van der Waals surface area contributed by atoms with Crippen LogP contribution < -0.4 is 5.32 Å². The van der Waals surface area contributed by atoms with Gasteiger partial charge in [-0.3, -0.25) is 19.7 Å². The molecule has 9 heteroatoms. The molecule has 0 radical (unpaired) electrons. The third-order valence-corrected chi connectivity index (χ3v) is 4.92. The quantitative estimate of drug-likeness (QED) is 0.459. The van der Waals surface area contributed by atoms with Crippen LogP contribution in [0, 0.1) is 16.0 Å². The largest absolute Gasteiger partial charge is 0.465 e. The van der Waals surface area contributed by atoms with Crippen LogP contribution in [0.3, 0.4) is 0 Å². The maximum absolute atomic E-state index is 13.0. The third kappa shape index (κ3) is 4.80. The fourth-order valence-electron chi connectivity index (χ4n) is 3.40. The highest BCUT2D eigenvalue weighted by Gasteiger charge is 2.30. The van der Waals surface area contributed by atoms with Gasteiger partial charge in [-0.15, -0.1) is 0 Å². The summed E-state index contributed by atoms with van der Waals surface area (Å²) < 4.78 is 4.62. The van der Waals surface area contributed by atoms with E-state index in [0.29, 0.717) is 25.1 Å². The zero-order valence-corrected chi connectivity index (χ0v) is 16.4. The fraction of sp³-hybridized carbons (Fsp3) is 0.286. The molecule has 9 nitrogen and oxygen atoms in total. The first-order valence-electron chi connectivity index (χ1n) is 9.42. The van der Waals surface area contributed by atoms with Crippen molar-refractivity contribution in [2.75, 3.05) is 25.5 Å². The lowest BCUT2D eigenvalue weighted by molar-refractivity contribution is -0.384. The molecule has 2 amide bonds. The first-order valence-corrected chi connectivity index (χ1v) is 9.42. The number of hydrogen-bond donors (Lipinski definition) is 1. The van der Waals surface area contributed by atoms with Crippen LogP contribution in [-0.2, 0) is 9.53 Å². The van der Waals surface area contributed by atoms with Crippen molar-refractivity contribution in [2.45, 2.75) is 12.8 Å². The normalized spacial score (nSPS) is 15.9. The fourth-order valence-corrected chi connectivity index (χ4v) is 3.40. The van der Waals surface area contributed by atoms with Crippen molar-refractivity contribution in [3.8, 4) is 0 Å². The molecule has 1 aliphatic heterocycles. The number of carbonyl (C=O) groups is 3. The summed E-state index contributed by atoms with van der Waals surface area (Å²) in [7, 11) is 1.16. The Morgan fingerprint density at radius 2 is 1.83 bits per heavy atom. The van der Waals surface area contributed by atoms with E-state index in [1.54, 1.807) is 12.1 Å². The van der Waals surface area contributed by atoms with Gasteiger partial charge in [0, 0.05) is 36.5 Å². The minimum Gasteiger partial charge on any atom is -0.465 e. The standard InChI is InChI=1S/C21H21N3O6/c1-30-21(27)16-10-15(11-18(12-16)24(28)29)20(26)23-9-5-6-14(13-23)19(25)22-17-7-3-2-4-8-17/h2-4,7-8,10-12,14H,5-6,9,13H2,1H3,(H,22,25). The van der Waals surface area contributed by atoms with Crippen LogP contribution in [0.2, 0.25) is 0 Å². The number of esters is 1. The number of para-hydroxylation sites is 1. The molecule has 1 N–H and O–H groups in total. The first kappa shape index (κ1) is 21.0. The summed E-state index contributed by atoms with van der Waals surface area (Å²) in [6, 6.07) is 12.5. The number of non-ortho nitro benzene ring substituents is 1. The molecule has 3 rings (SSSR count). The van der Waals surface area contributed by atoms with E-state index in [4.69, 9.17) is 0 Å². The number of nitrogens with one attached hydrogen (secondary N) is 1. The van der Waals surface area contributed by atoms with Gasteiger partial charge in [0.2, 0.25) is 5.91 Å². The Bertz CT molecular complexity index is 976. The van der Waals surface area contributed by atoms with Crippen LogP contribution in [0.1, 0.15) is 33.6 Å². The average molecular weight is 411 g/mol. The molecule has 2 aromatic rings. The predicted molar refractivity (Wildman–Crippen MR) is 108 cm³/mol. The Morgan fingerprint density at radius 3 is 2.50 bits per heavy atom. The Kier molecular flexibility index (Phi) is 6.41. The predicted octanol–water partition coefficient (Wildman–Crippen LogP) is 2.87. The van der Waals surface area contributed by atoms with Crippen molar-refractivity contribution in [3.63, 3.8) is 0 Å². The minimum absolute atomic E-state index is 0.00807. The van der Waals surface area contributed by atoms with Crippen LogP contribution in [-0.4, -0.2) is 47.8 Å². The van der Waals surface area contributed by atoms with Crippen molar-refractivity contribution >= 4 is 29.2 Å². The number of ether oxygens (including phenoxy) is 1. The number of nitro benzene ring substituents is 1.